The molecule has 1 aromatic carbocycles. The van der Waals surface area contributed by atoms with Crippen LogP contribution in [0.3, 0.4) is 0 Å². The maximum Gasteiger partial charge on any atom is 0.318 e. The average Bonchev–Trinajstić information content (AvgIpc) is 2.53. The Kier molecular flexibility index (Phi) is 8.19. The van der Waals surface area contributed by atoms with Crippen LogP contribution in [0, 0.1) is 12.3 Å². The van der Waals surface area contributed by atoms with E-state index in [-0.39, 0.29) is 13.2 Å². The van der Waals surface area contributed by atoms with Crippen molar-refractivity contribution in [1.29, 1.82) is 0 Å². The van der Waals surface area contributed by atoms with Gasteiger partial charge in [-0.05, 0) is 18.1 Å². The Bertz CT molecular complexity index is 571. The summed E-state index contributed by atoms with van der Waals surface area (Å²) in [7, 11) is 0. The smallest absolute Gasteiger partial charge is 0.318 e. The molecular formula is C18H20O5. The Hall–Kier alpha value is -2.58. The molecule has 5 nitrogen and oxygen atoms in total. The van der Waals surface area contributed by atoms with Crippen LogP contribution in [0.4, 0.5) is 0 Å². The van der Waals surface area contributed by atoms with Gasteiger partial charge in [0.25, 0.3) is 0 Å². The summed E-state index contributed by atoms with van der Waals surface area (Å²) in [6.45, 7) is 6.00. The monoisotopic (exact) mass is 316 g/mol. The van der Waals surface area contributed by atoms with Gasteiger partial charge in [-0.1, -0.05) is 42.8 Å². The summed E-state index contributed by atoms with van der Waals surface area (Å²) in [4.78, 5) is 22.8. The van der Waals surface area contributed by atoms with E-state index in [0.717, 1.165) is 5.56 Å². The molecule has 1 atom stereocenters. The summed E-state index contributed by atoms with van der Waals surface area (Å²) in [5, 5.41) is 0. The predicted octanol–water partition coefficient (Wildman–Crippen LogP) is 2.26. The van der Waals surface area contributed by atoms with Crippen LogP contribution in [0.2, 0.25) is 0 Å². The number of benzene rings is 1. The molecule has 5 heteroatoms. The van der Waals surface area contributed by atoms with Crippen LogP contribution in [0.15, 0.2) is 42.5 Å². The van der Waals surface area contributed by atoms with Crippen molar-refractivity contribution in [3.63, 3.8) is 0 Å². The maximum atomic E-state index is 11.5. The zero-order valence-corrected chi connectivity index (χ0v) is 13.1. The summed E-state index contributed by atoms with van der Waals surface area (Å²) >= 11 is 0. The molecule has 0 amide bonds. The maximum absolute atomic E-state index is 11.5. The quantitative estimate of drug-likeness (QED) is 0.303. The largest absolute Gasteiger partial charge is 0.461 e. The minimum atomic E-state index is -0.716. The van der Waals surface area contributed by atoms with Crippen molar-refractivity contribution in [2.45, 2.75) is 26.1 Å². The van der Waals surface area contributed by atoms with Gasteiger partial charge in [-0.15, -0.1) is 6.42 Å². The molecule has 0 aliphatic rings. The zero-order valence-electron chi connectivity index (χ0n) is 13.1. The van der Waals surface area contributed by atoms with Crippen LogP contribution >= 0.6 is 0 Å². The molecule has 0 saturated carbocycles. The van der Waals surface area contributed by atoms with E-state index in [1.54, 1.807) is 0 Å². The SMILES string of the molecule is C#CC(C)OC(=O)CC(=O)OCC(=C)COCc1ccccc1. The first-order valence-corrected chi connectivity index (χ1v) is 7.10. The van der Waals surface area contributed by atoms with Gasteiger partial charge in [0.05, 0.1) is 13.2 Å². The second kappa shape index (κ2) is 10.2. The second-order valence-electron chi connectivity index (χ2n) is 4.86. The number of hydrogen-bond donors (Lipinski definition) is 0. The lowest BCUT2D eigenvalue weighted by Crippen LogP contribution is -2.19. The lowest BCUT2D eigenvalue weighted by molar-refractivity contribution is -0.155. The Morgan fingerprint density at radius 3 is 2.57 bits per heavy atom. The van der Waals surface area contributed by atoms with Crippen LogP contribution in [0.25, 0.3) is 0 Å². The minimum absolute atomic E-state index is 0.00834. The molecule has 0 radical (unpaired) electrons. The lowest BCUT2D eigenvalue weighted by atomic mass is 10.2. The van der Waals surface area contributed by atoms with Crippen molar-refractivity contribution < 1.29 is 23.8 Å². The third kappa shape index (κ3) is 8.44. The summed E-state index contributed by atoms with van der Waals surface area (Å²) in [5.41, 5.74) is 1.64. The highest BCUT2D eigenvalue weighted by atomic mass is 16.6. The third-order valence-corrected chi connectivity index (χ3v) is 2.69. The standard InChI is InChI=1S/C18H20O5/c1-4-15(3)23-18(20)10-17(19)22-12-14(2)11-21-13-16-8-6-5-7-9-16/h1,5-9,15H,2,10-13H2,3H3. The number of carbonyl (C=O) groups is 2. The van der Waals surface area contributed by atoms with Gasteiger partial charge in [0.1, 0.15) is 13.0 Å². The van der Waals surface area contributed by atoms with Gasteiger partial charge in [0, 0.05) is 0 Å². The second-order valence-corrected chi connectivity index (χ2v) is 4.86. The van der Waals surface area contributed by atoms with Gasteiger partial charge in [-0.3, -0.25) is 9.59 Å². The molecule has 1 unspecified atom stereocenters. The summed E-state index contributed by atoms with van der Waals surface area (Å²) in [6, 6.07) is 9.68. The van der Waals surface area contributed by atoms with Crippen LogP contribution in [0.1, 0.15) is 18.9 Å². The topological polar surface area (TPSA) is 61.8 Å². The predicted molar refractivity (Wildman–Crippen MR) is 85.2 cm³/mol. The Labute approximate surface area is 136 Å². The number of carbonyl (C=O) groups excluding carboxylic acids is 2. The van der Waals surface area contributed by atoms with Crippen molar-refractivity contribution in [2.75, 3.05) is 13.2 Å². The van der Waals surface area contributed by atoms with E-state index in [1.165, 1.54) is 6.92 Å². The van der Waals surface area contributed by atoms with Crippen LogP contribution < -0.4 is 0 Å². The Balaban J connectivity index is 2.16. The fraction of sp³-hybridized carbons (Fsp3) is 0.333. The lowest BCUT2D eigenvalue weighted by Gasteiger charge is -2.09. The molecule has 0 spiro atoms. The third-order valence-electron chi connectivity index (χ3n) is 2.69. The molecular weight excluding hydrogens is 296 g/mol. The van der Waals surface area contributed by atoms with Crippen molar-refractivity contribution in [2.24, 2.45) is 0 Å². The van der Waals surface area contributed by atoms with E-state index >= 15 is 0 Å². The first kappa shape index (κ1) is 18.5. The highest BCUT2D eigenvalue weighted by molar-refractivity contribution is 5.91. The van der Waals surface area contributed by atoms with E-state index in [0.29, 0.717) is 12.2 Å². The zero-order chi connectivity index (χ0) is 17.1. The molecule has 23 heavy (non-hydrogen) atoms. The number of rotatable bonds is 9. The normalized spacial score (nSPS) is 11.1. The van der Waals surface area contributed by atoms with Crippen LogP contribution in [-0.4, -0.2) is 31.3 Å². The van der Waals surface area contributed by atoms with Gasteiger partial charge < -0.3 is 14.2 Å². The Morgan fingerprint density at radius 1 is 1.22 bits per heavy atom. The first-order valence-electron chi connectivity index (χ1n) is 7.10. The van der Waals surface area contributed by atoms with Gasteiger partial charge >= 0.3 is 11.9 Å². The van der Waals surface area contributed by atoms with Crippen molar-refractivity contribution in [1.82, 2.24) is 0 Å². The summed E-state index contributed by atoms with van der Waals surface area (Å²) in [6.07, 6.45) is 3.92. The number of esters is 2. The molecule has 1 rings (SSSR count). The van der Waals surface area contributed by atoms with E-state index in [9.17, 15) is 9.59 Å². The van der Waals surface area contributed by atoms with Crippen molar-refractivity contribution in [3.8, 4) is 12.3 Å². The number of terminal acetylenes is 1. The molecule has 1 aromatic rings. The average molecular weight is 316 g/mol. The Morgan fingerprint density at radius 2 is 1.91 bits per heavy atom. The highest BCUT2D eigenvalue weighted by Gasteiger charge is 2.14. The van der Waals surface area contributed by atoms with E-state index in [1.807, 2.05) is 30.3 Å². The fourth-order valence-electron chi connectivity index (χ4n) is 1.55. The molecule has 0 aliphatic heterocycles. The molecule has 0 aromatic heterocycles. The van der Waals surface area contributed by atoms with Crippen molar-refractivity contribution in [3.05, 3.63) is 48.0 Å². The molecule has 0 N–H and O–H groups in total. The summed E-state index contributed by atoms with van der Waals surface area (Å²) in [5.74, 6) is 0.823. The van der Waals surface area contributed by atoms with Crippen LogP contribution in [0.5, 0.6) is 0 Å². The molecule has 0 bridgehead atoms. The van der Waals surface area contributed by atoms with E-state index in [4.69, 9.17) is 20.6 Å². The molecule has 0 heterocycles. The highest BCUT2D eigenvalue weighted by Crippen LogP contribution is 2.03. The number of hydrogen-bond acceptors (Lipinski definition) is 5. The van der Waals surface area contributed by atoms with Gasteiger partial charge in [0.15, 0.2) is 6.10 Å². The van der Waals surface area contributed by atoms with Gasteiger partial charge in [-0.2, -0.15) is 0 Å². The van der Waals surface area contributed by atoms with E-state index < -0.39 is 24.5 Å². The van der Waals surface area contributed by atoms with Gasteiger partial charge in [0.2, 0.25) is 0 Å². The van der Waals surface area contributed by atoms with Crippen molar-refractivity contribution >= 4 is 11.9 Å². The van der Waals surface area contributed by atoms with Crippen LogP contribution in [-0.2, 0) is 30.4 Å². The fourth-order valence-corrected chi connectivity index (χ4v) is 1.55. The molecule has 0 fully saturated rings. The summed E-state index contributed by atoms with van der Waals surface area (Å²) < 4.78 is 15.1. The van der Waals surface area contributed by atoms with Gasteiger partial charge in [-0.25, -0.2) is 0 Å². The minimum Gasteiger partial charge on any atom is -0.461 e. The molecule has 0 saturated heterocycles. The first-order chi connectivity index (χ1) is 11.0. The molecule has 0 aliphatic carbocycles. The van der Waals surface area contributed by atoms with E-state index in [2.05, 4.69) is 12.5 Å². The molecule has 122 valence electrons. The number of ether oxygens (including phenoxy) is 3.